The summed E-state index contributed by atoms with van der Waals surface area (Å²) in [6.07, 6.45) is 0. The van der Waals surface area contributed by atoms with Gasteiger partial charge in [-0.3, -0.25) is 4.79 Å². The van der Waals surface area contributed by atoms with Crippen molar-refractivity contribution in [3.05, 3.63) is 65.0 Å². The predicted molar refractivity (Wildman–Crippen MR) is 104 cm³/mol. The lowest BCUT2D eigenvalue weighted by Gasteiger charge is -2.10. The van der Waals surface area contributed by atoms with Crippen LogP contribution in [0.25, 0.3) is 0 Å². The second kappa shape index (κ2) is 8.60. The van der Waals surface area contributed by atoms with Crippen LogP contribution in [-0.2, 0) is 9.53 Å². The zero-order valence-corrected chi connectivity index (χ0v) is 15.8. The molecule has 1 aliphatic rings. The second-order valence-corrected chi connectivity index (χ2v) is 8.51. The highest BCUT2D eigenvalue weighted by atomic mass is 32.2. The molecule has 2 aromatic carbocycles. The van der Waals surface area contributed by atoms with E-state index < -0.39 is 24.3 Å². The average Bonchev–Trinajstić information content (AvgIpc) is 3.18. The lowest BCUT2D eigenvalue weighted by atomic mass is 10.1. The van der Waals surface area contributed by atoms with Gasteiger partial charge in [0.1, 0.15) is 5.82 Å². The SMILES string of the molecule is Cc1ccc(NC(=O)COC(=O)c2ccc(C3SCCS3)cc2)cc1F. The fourth-order valence-electron chi connectivity index (χ4n) is 2.41. The molecule has 1 amide bonds. The number of nitrogens with one attached hydrogen (secondary N) is 1. The smallest absolute Gasteiger partial charge is 0.338 e. The predicted octanol–water partition coefficient (Wildman–Crippen LogP) is 4.41. The van der Waals surface area contributed by atoms with Crippen LogP contribution in [0.15, 0.2) is 42.5 Å². The molecule has 1 fully saturated rings. The van der Waals surface area contributed by atoms with E-state index in [1.807, 2.05) is 35.7 Å². The second-order valence-electron chi connectivity index (χ2n) is 5.78. The molecular weight excluding hydrogens is 373 g/mol. The van der Waals surface area contributed by atoms with Gasteiger partial charge in [0.15, 0.2) is 6.61 Å². The third-order valence-corrected chi connectivity index (χ3v) is 6.93. The molecular formula is C19H18FNO3S2. The summed E-state index contributed by atoms with van der Waals surface area (Å²) in [5, 5.41) is 2.50. The maximum absolute atomic E-state index is 13.5. The van der Waals surface area contributed by atoms with Crippen molar-refractivity contribution in [1.82, 2.24) is 0 Å². The molecule has 0 unspecified atom stereocenters. The minimum Gasteiger partial charge on any atom is -0.452 e. The molecule has 0 radical (unpaired) electrons. The Hall–Kier alpha value is -1.99. The van der Waals surface area contributed by atoms with Gasteiger partial charge >= 0.3 is 5.97 Å². The monoisotopic (exact) mass is 391 g/mol. The van der Waals surface area contributed by atoms with Crippen LogP contribution in [0.5, 0.6) is 0 Å². The molecule has 0 aliphatic carbocycles. The van der Waals surface area contributed by atoms with Crippen LogP contribution in [0.1, 0.15) is 26.1 Å². The maximum Gasteiger partial charge on any atom is 0.338 e. The van der Waals surface area contributed by atoms with Crippen molar-refractivity contribution in [3.8, 4) is 0 Å². The number of aryl methyl sites for hydroxylation is 1. The van der Waals surface area contributed by atoms with E-state index in [1.54, 1.807) is 31.2 Å². The number of carbonyl (C=O) groups is 2. The van der Waals surface area contributed by atoms with Crippen molar-refractivity contribution >= 4 is 41.1 Å². The third kappa shape index (κ3) is 4.80. The lowest BCUT2D eigenvalue weighted by molar-refractivity contribution is -0.119. The van der Waals surface area contributed by atoms with Crippen LogP contribution in [0.2, 0.25) is 0 Å². The lowest BCUT2D eigenvalue weighted by Crippen LogP contribution is -2.21. The van der Waals surface area contributed by atoms with Gasteiger partial charge in [0.25, 0.3) is 5.91 Å². The number of halogens is 1. The number of amides is 1. The van der Waals surface area contributed by atoms with Crippen molar-refractivity contribution in [1.29, 1.82) is 0 Å². The molecule has 0 saturated carbocycles. The molecule has 0 atom stereocenters. The van der Waals surface area contributed by atoms with E-state index in [-0.39, 0.29) is 0 Å². The van der Waals surface area contributed by atoms with Crippen LogP contribution >= 0.6 is 23.5 Å². The van der Waals surface area contributed by atoms with E-state index in [0.29, 0.717) is 21.4 Å². The Morgan fingerprint density at radius 1 is 1.15 bits per heavy atom. The highest BCUT2D eigenvalue weighted by Gasteiger charge is 2.19. The number of thioether (sulfide) groups is 2. The van der Waals surface area contributed by atoms with Gasteiger partial charge < -0.3 is 10.1 Å². The van der Waals surface area contributed by atoms with Crippen LogP contribution in [-0.4, -0.2) is 30.0 Å². The number of carbonyl (C=O) groups excluding carboxylic acids is 2. The van der Waals surface area contributed by atoms with E-state index in [9.17, 15) is 14.0 Å². The van der Waals surface area contributed by atoms with Gasteiger partial charge in [0, 0.05) is 17.2 Å². The molecule has 0 spiro atoms. The standard InChI is InChI=1S/C19H18FNO3S2/c1-12-2-7-15(10-16(12)20)21-17(22)11-24-18(23)13-3-5-14(6-4-13)19-25-8-9-26-19/h2-7,10,19H,8-9,11H2,1H3,(H,21,22). The van der Waals surface area contributed by atoms with Gasteiger partial charge in [0.05, 0.1) is 10.1 Å². The maximum atomic E-state index is 13.5. The van der Waals surface area contributed by atoms with E-state index in [1.165, 1.54) is 11.6 Å². The number of anilines is 1. The summed E-state index contributed by atoms with van der Waals surface area (Å²) in [5.41, 5.74) is 2.39. The summed E-state index contributed by atoms with van der Waals surface area (Å²) < 4.78 is 18.9. The normalized spacial score (nSPS) is 14.2. The largest absolute Gasteiger partial charge is 0.452 e. The Bertz CT molecular complexity index is 805. The van der Waals surface area contributed by atoms with Crippen molar-refractivity contribution in [2.75, 3.05) is 23.4 Å². The van der Waals surface area contributed by atoms with Gasteiger partial charge in [0.2, 0.25) is 0 Å². The van der Waals surface area contributed by atoms with Crippen molar-refractivity contribution in [2.24, 2.45) is 0 Å². The van der Waals surface area contributed by atoms with Crippen molar-refractivity contribution < 1.29 is 18.7 Å². The van der Waals surface area contributed by atoms with E-state index >= 15 is 0 Å². The van der Waals surface area contributed by atoms with E-state index in [0.717, 1.165) is 11.5 Å². The van der Waals surface area contributed by atoms with E-state index in [2.05, 4.69) is 5.32 Å². The molecule has 1 saturated heterocycles. The first kappa shape index (κ1) is 18.8. The molecule has 1 N–H and O–H groups in total. The molecule has 136 valence electrons. The molecule has 2 aromatic rings. The van der Waals surface area contributed by atoms with Gasteiger partial charge in [-0.2, -0.15) is 0 Å². The Morgan fingerprint density at radius 3 is 2.50 bits per heavy atom. The minimum absolute atomic E-state index is 0.324. The number of ether oxygens (including phenoxy) is 1. The van der Waals surface area contributed by atoms with Crippen molar-refractivity contribution in [3.63, 3.8) is 0 Å². The summed E-state index contributed by atoms with van der Waals surface area (Å²) in [7, 11) is 0. The topological polar surface area (TPSA) is 55.4 Å². The molecule has 7 heteroatoms. The minimum atomic E-state index is -0.562. The van der Waals surface area contributed by atoms with Crippen LogP contribution in [0, 0.1) is 12.7 Å². The Kier molecular flexibility index (Phi) is 6.21. The average molecular weight is 391 g/mol. The molecule has 0 bridgehead atoms. The number of rotatable bonds is 5. The molecule has 1 heterocycles. The van der Waals surface area contributed by atoms with Crippen LogP contribution < -0.4 is 5.32 Å². The van der Waals surface area contributed by atoms with Gasteiger partial charge in [-0.05, 0) is 42.3 Å². The first-order chi connectivity index (χ1) is 12.5. The number of hydrogen-bond acceptors (Lipinski definition) is 5. The summed E-state index contributed by atoms with van der Waals surface area (Å²) in [6, 6.07) is 11.7. The molecule has 4 nitrogen and oxygen atoms in total. The highest BCUT2D eigenvalue weighted by molar-refractivity contribution is 8.19. The summed E-state index contributed by atoms with van der Waals surface area (Å²) in [5.74, 6) is 0.794. The first-order valence-electron chi connectivity index (χ1n) is 8.09. The Balaban J connectivity index is 1.51. The van der Waals surface area contributed by atoms with Crippen LogP contribution in [0.4, 0.5) is 10.1 Å². The highest BCUT2D eigenvalue weighted by Crippen LogP contribution is 2.45. The van der Waals surface area contributed by atoms with Crippen LogP contribution in [0.3, 0.4) is 0 Å². The Labute approximate surface area is 159 Å². The fraction of sp³-hybridized carbons (Fsp3) is 0.263. The summed E-state index contributed by atoms with van der Waals surface area (Å²) >= 11 is 3.79. The molecule has 3 rings (SSSR count). The summed E-state index contributed by atoms with van der Waals surface area (Å²) in [4.78, 5) is 23.9. The van der Waals surface area contributed by atoms with E-state index in [4.69, 9.17) is 4.74 Å². The fourth-order valence-corrected chi connectivity index (χ4v) is 5.27. The molecule has 1 aliphatic heterocycles. The zero-order valence-electron chi connectivity index (χ0n) is 14.2. The first-order valence-corrected chi connectivity index (χ1v) is 10.2. The number of hydrogen-bond donors (Lipinski definition) is 1. The quantitative estimate of drug-likeness (QED) is 0.765. The van der Waals surface area contributed by atoms with Gasteiger partial charge in [-0.15, -0.1) is 23.5 Å². The van der Waals surface area contributed by atoms with Gasteiger partial charge in [-0.25, -0.2) is 9.18 Å². The third-order valence-electron chi connectivity index (χ3n) is 3.83. The summed E-state index contributed by atoms with van der Waals surface area (Å²) in [6.45, 7) is 1.21. The number of esters is 1. The Morgan fingerprint density at radius 2 is 1.85 bits per heavy atom. The van der Waals surface area contributed by atoms with Crippen molar-refractivity contribution in [2.45, 2.75) is 11.5 Å². The number of benzene rings is 2. The molecule has 26 heavy (non-hydrogen) atoms. The zero-order chi connectivity index (χ0) is 18.5. The van der Waals surface area contributed by atoms with Gasteiger partial charge in [-0.1, -0.05) is 18.2 Å². The molecule has 0 aromatic heterocycles.